The molecule has 0 fully saturated rings. The molecule has 0 aliphatic heterocycles. The fraction of sp³-hybridized carbons (Fsp3) is 0.294. The van der Waals surface area contributed by atoms with Crippen molar-refractivity contribution in [2.45, 2.75) is 33.8 Å². The fourth-order valence-electron chi connectivity index (χ4n) is 2.12. The fourth-order valence-corrected chi connectivity index (χ4v) is 2.12. The molecule has 116 valence electrons. The first-order valence-corrected chi connectivity index (χ1v) is 6.97. The SMILES string of the molecule is CC(=O)Oc1cc(OC(C)C)c(OC(C)=O)c2ccccc12. The third kappa shape index (κ3) is 3.55. The average Bonchev–Trinajstić information content (AvgIpc) is 2.41. The smallest absolute Gasteiger partial charge is 0.308 e. The van der Waals surface area contributed by atoms with Crippen LogP contribution in [0.4, 0.5) is 0 Å². The van der Waals surface area contributed by atoms with Gasteiger partial charge in [0.25, 0.3) is 0 Å². The Bertz CT molecular complexity index is 718. The molecule has 2 aromatic rings. The molecular formula is C17H18O5. The molecule has 5 heteroatoms. The first-order valence-electron chi connectivity index (χ1n) is 6.97. The summed E-state index contributed by atoms with van der Waals surface area (Å²) in [6.07, 6.45) is -0.124. The zero-order chi connectivity index (χ0) is 16.3. The first-order chi connectivity index (χ1) is 10.4. The third-order valence-corrected chi connectivity index (χ3v) is 2.79. The lowest BCUT2D eigenvalue weighted by Gasteiger charge is -2.17. The van der Waals surface area contributed by atoms with Gasteiger partial charge in [0.1, 0.15) is 5.75 Å². The van der Waals surface area contributed by atoms with E-state index in [1.807, 2.05) is 26.0 Å². The molecule has 0 N–H and O–H groups in total. The van der Waals surface area contributed by atoms with Crippen molar-refractivity contribution in [3.8, 4) is 17.2 Å². The van der Waals surface area contributed by atoms with Crippen LogP contribution in [0, 0.1) is 0 Å². The zero-order valence-electron chi connectivity index (χ0n) is 13.0. The highest BCUT2D eigenvalue weighted by Crippen LogP contribution is 2.42. The van der Waals surface area contributed by atoms with E-state index in [9.17, 15) is 9.59 Å². The Balaban J connectivity index is 2.71. The molecule has 0 heterocycles. The van der Waals surface area contributed by atoms with E-state index in [4.69, 9.17) is 14.2 Å². The Morgan fingerprint density at radius 3 is 2.05 bits per heavy atom. The number of carbonyl (C=O) groups is 2. The van der Waals surface area contributed by atoms with Gasteiger partial charge in [-0.15, -0.1) is 0 Å². The van der Waals surface area contributed by atoms with E-state index in [0.717, 1.165) is 0 Å². The zero-order valence-corrected chi connectivity index (χ0v) is 13.0. The van der Waals surface area contributed by atoms with Gasteiger partial charge >= 0.3 is 11.9 Å². The monoisotopic (exact) mass is 302 g/mol. The molecule has 0 aromatic heterocycles. The van der Waals surface area contributed by atoms with Crippen LogP contribution in [-0.2, 0) is 9.59 Å². The highest BCUT2D eigenvalue weighted by atomic mass is 16.6. The van der Waals surface area contributed by atoms with Crippen molar-refractivity contribution in [1.82, 2.24) is 0 Å². The Morgan fingerprint density at radius 1 is 0.909 bits per heavy atom. The minimum Gasteiger partial charge on any atom is -0.487 e. The van der Waals surface area contributed by atoms with Crippen LogP contribution >= 0.6 is 0 Å². The summed E-state index contributed by atoms with van der Waals surface area (Å²) < 4.78 is 16.3. The van der Waals surface area contributed by atoms with E-state index in [1.165, 1.54) is 13.8 Å². The van der Waals surface area contributed by atoms with E-state index in [2.05, 4.69) is 0 Å². The van der Waals surface area contributed by atoms with Crippen LogP contribution in [0.25, 0.3) is 10.8 Å². The molecule has 0 saturated carbocycles. The number of fused-ring (bicyclic) bond motifs is 1. The third-order valence-electron chi connectivity index (χ3n) is 2.79. The summed E-state index contributed by atoms with van der Waals surface area (Å²) in [6.45, 7) is 6.38. The van der Waals surface area contributed by atoms with E-state index in [1.54, 1.807) is 18.2 Å². The molecule has 5 nitrogen and oxygen atoms in total. The number of hydrogen-bond donors (Lipinski definition) is 0. The maximum Gasteiger partial charge on any atom is 0.308 e. The van der Waals surface area contributed by atoms with Gasteiger partial charge in [0.05, 0.1) is 6.10 Å². The summed E-state index contributed by atoms with van der Waals surface area (Å²) >= 11 is 0. The van der Waals surface area contributed by atoms with Gasteiger partial charge in [0, 0.05) is 30.7 Å². The summed E-state index contributed by atoms with van der Waals surface area (Å²) in [5.41, 5.74) is 0. The predicted molar refractivity (Wildman–Crippen MR) is 82.3 cm³/mol. The van der Waals surface area contributed by atoms with Gasteiger partial charge in [-0.05, 0) is 13.8 Å². The molecule has 22 heavy (non-hydrogen) atoms. The topological polar surface area (TPSA) is 61.8 Å². The molecular weight excluding hydrogens is 284 g/mol. The number of ether oxygens (including phenoxy) is 3. The van der Waals surface area contributed by atoms with Gasteiger partial charge in [-0.1, -0.05) is 24.3 Å². The van der Waals surface area contributed by atoms with Crippen molar-refractivity contribution in [2.75, 3.05) is 0 Å². The van der Waals surface area contributed by atoms with Crippen molar-refractivity contribution in [1.29, 1.82) is 0 Å². The summed E-state index contributed by atoms with van der Waals surface area (Å²) in [5.74, 6) is 0.183. The van der Waals surface area contributed by atoms with E-state index >= 15 is 0 Å². The second-order valence-corrected chi connectivity index (χ2v) is 5.10. The number of esters is 2. The van der Waals surface area contributed by atoms with Gasteiger partial charge in [0.2, 0.25) is 0 Å². The highest BCUT2D eigenvalue weighted by molar-refractivity contribution is 5.98. The van der Waals surface area contributed by atoms with Crippen LogP contribution < -0.4 is 14.2 Å². The van der Waals surface area contributed by atoms with Crippen LogP contribution in [0.1, 0.15) is 27.7 Å². The Kier molecular flexibility index (Phi) is 4.65. The number of hydrogen-bond acceptors (Lipinski definition) is 5. The van der Waals surface area contributed by atoms with E-state index < -0.39 is 11.9 Å². The van der Waals surface area contributed by atoms with Crippen molar-refractivity contribution in [2.24, 2.45) is 0 Å². The predicted octanol–water partition coefficient (Wildman–Crippen LogP) is 3.48. The lowest BCUT2D eigenvalue weighted by atomic mass is 10.1. The maximum atomic E-state index is 11.4. The largest absolute Gasteiger partial charge is 0.487 e. The molecule has 2 rings (SSSR count). The van der Waals surface area contributed by atoms with Gasteiger partial charge in [-0.25, -0.2) is 0 Å². The normalized spacial score (nSPS) is 10.6. The molecule has 0 atom stereocenters. The second kappa shape index (κ2) is 6.47. The molecule has 2 aromatic carbocycles. The average molecular weight is 302 g/mol. The molecule has 0 amide bonds. The van der Waals surface area contributed by atoms with E-state index in [-0.39, 0.29) is 6.10 Å². The van der Waals surface area contributed by atoms with Crippen molar-refractivity contribution >= 4 is 22.7 Å². The molecule has 0 bridgehead atoms. The summed E-state index contributed by atoms with van der Waals surface area (Å²) in [5, 5.41) is 1.32. The minimum atomic E-state index is -0.445. The van der Waals surface area contributed by atoms with Crippen molar-refractivity contribution in [3.05, 3.63) is 30.3 Å². The molecule has 0 saturated heterocycles. The number of benzene rings is 2. The Labute approximate surface area is 128 Å². The van der Waals surface area contributed by atoms with Crippen molar-refractivity contribution in [3.63, 3.8) is 0 Å². The van der Waals surface area contributed by atoms with Crippen LogP contribution in [-0.4, -0.2) is 18.0 Å². The lowest BCUT2D eigenvalue weighted by molar-refractivity contribution is -0.133. The van der Waals surface area contributed by atoms with Crippen LogP contribution in [0.15, 0.2) is 30.3 Å². The minimum absolute atomic E-state index is 0.124. The van der Waals surface area contributed by atoms with Gasteiger partial charge < -0.3 is 14.2 Å². The summed E-state index contributed by atoms with van der Waals surface area (Å²) in [7, 11) is 0. The maximum absolute atomic E-state index is 11.4. The first kappa shape index (κ1) is 15.8. The highest BCUT2D eigenvalue weighted by Gasteiger charge is 2.18. The molecule has 0 spiro atoms. The summed E-state index contributed by atoms with van der Waals surface area (Å²) in [6, 6.07) is 8.78. The second-order valence-electron chi connectivity index (χ2n) is 5.10. The van der Waals surface area contributed by atoms with Crippen LogP contribution in [0.5, 0.6) is 17.2 Å². The summed E-state index contributed by atoms with van der Waals surface area (Å²) in [4.78, 5) is 22.7. The van der Waals surface area contributed by atoms with Crippen LogP contribution in [0.3, 0.4) is 0 Å². The molecule has 0 aliphatic carbocycles. The number of rotatable bonds is 4. The molecule has 0 radical (unpaired) electrons. The quantitative estimate of drug-likeness (QED) is 0.639. The van der Waals surface area contributed by atoms with Crippen molar-refractivity contribution < 1.29 is 23.8 Å². The Hall–Kier alpha value is -2.56. The lowest BCUT2D eigenvalue weighted by Crippen LogP contribution is -2.10. The van der Waals surface area contributed by atoms with Gasteiger partial charge in [0.15, 0.2) is 11.5 Å². The molecule has 0 aliphatic rings. The van der Waals surface area contributed by atoms with Gasteiger partial charge in [-0.2, -0.15) is 0 Å². The van der Waals surface area contributed by atoms with Crippen LogP contribution in [0.2, 0.25) is 0 Å². The standard InChI is InChI=1S/C17H18O5/c1-10(2)20-16-9-15(21-11(3)18)13-7-5-6-8-14(13)17(16)22-12(4)19/h5-10H,1-4H3. The number of carbonyl (C=O) groups excluding carboxylic acids is 2. The van der Waals surface area contributed by atoms with E-state index in [0.29, 0.717) is 28.0 Å². The van der Waals surface area contributed by atoms with Gasteiger partial charge in [-0.3, -0.25) is 9.59 Å². The Morgan fingerprint density at radius 2 is 1.50 bits per heavy atom. The molecule has 0 unspecified atom stereocenters.